The molecule has 24 heavy (non-hydrogen) atoms. The van der Waals surface area contributed by atoms with Crippen LogP contribution < -0.4 is 15.6 Å². The summed E-state index contributed by atoms with van der Waals surface area (Å²) >= 11 is 0. The molecule has 3 rings (SSSR count). The average Bonchev–Trinajstić information content (AvgIpc) is 3.13. The molecule has 1 aliphatic rings. The Bertz CT molecular complexity index is 764. The van der Waals surface area contributed by atoms with Gasteiger partial charge in [-0.15, -0.1) is 0 Å². The number of pyridine rings is 1. The Morgan fingerprint density at radius 3 is 2.83 bits per heavy atom. The molecule has 2 heterocycles. The first-order valence-electron chi connectivity index (χ1n) is 7.95. The van der Waals surface area contributed by atoms with Crippen molar-refractivity contribution in [3.63, 3.8) is 0 Å². The van der Waals surface area contributed by atoms with Gasteiger partial charge in [0, 0.05) is 31.1 Å². The van der Waals surface area contributed by atoms with E-state index >= 15 is 0 Å². The van der Waals surface area contributed by atoms with Crippen molar-refractivity contribution in [1.82, 2.24) is 9.88 Å². The van der Waals surface area contributed by atoms with E-state index in [1.807, 2.05) is 30.3 Å². The Kier molecular flexibility index (Phi) is 4.96. The molecule has 6 heteroatoms. The fourth-order valence-corrected chi connectivity index (χ4v) is 2.75. The number of hydrogen-bond acceptors (Lipinski definition) is 4. The van der Waals surface area contributed by atoms with Crippen LogP contribution in [0.3, 0.4) is 0 Å². The number of carbonyl (C=O) groups is 1. The van der Waals surface area contributed by atoms with E-state index in [0.717, 1.165) is 19.4 Å². The number of amides is 1. The Balaban J connectivity index is 1.87. The zero-order valence-electron chi connectivity index (χ0n) is 13.5. The summed E-state index contributed by atoms with van der Waals surface area (Å²) in [5, 5.41) is 2.85. The van der Waals surface area contributed by atoms with Gasteiger partial charge in [-0.2, -0.15) is 0 Å². The van der Waals surface area contributed by atoms with Crippen LogP contribution in [0.1, 0.15) is 23.2 Å². The number of rotatable bonds is 5. The topological polar surface area (TPSA) is 69.6 Å². The summed E-state index contributed by atoms with van der Waals surface area (Å²) < 4.78 is 12.1. The van der Waals surface area contributed by atoms with Crippen LogP contribution in [0.5, 0.6) is 5.75 Å². The highest BCUT2D eigenvalue weighted by Crippen LogP contribution is 2.18. The third-order valence-corrected chi connectivity index (χ3v) is 4.03. The Labute approximate surface area is 140 Å². The zero-order valence-corrected chi connectivity index (χ0v) is 13.5. The molecule has 1 atom stereocenters. The summed E-state index contributed by atoms with van der Waals surface area (Å²) in [4.78, 5) is 24.8. The highest BCUT2D eigenvalue weighted by Gasteiger charge is 2.19. The maximum Gasteiger partial charge on any atom is 0.258 e. The third-order valence-electron chi connectivity index (χ3n) is 4.03. The van der Waals surface area contributed by atoms with Crippen molar-refractivity contribution in [1.29, 1.82) is 0 Å². The molecule has 0 unspecified atom stereocenters. The maximum atomic E-state index is 12.5. The fourth-order valence-electron chi connectivity index (χ4n) is 2.75. The maximum absolute atomic E-state index is 12.5. The number of carbonyl (C=O) groups excluding carboxylic acids is 1. The minimum Gasteiger partial charge on any atom is -0.496 e. The van der Waals surface area contributed by atoms with E-state index in [1.165, 1.54) is 23.9 Å². The summed E-state index contributed by atoms with van der Waals surface area (Å²) in [6, 6.07) is 10.5. The van der Waals surface area contributed by atoms with E-state index in [2.05, 4.69) is 5.32 Å². The van der Waals surface area contributed by atoms with Gasteiger partial charge in [-0.1, -0.05) is 18.2 Å². The lowest BCUT2D eigenvalue weighted by molar-refractivity contribution is 0.0854. The number of para-hydroxylation sites is 1. The van der Waals surface area contributed by atoms with Gasteiger partial charge >= 0.3 is 0 Å². The average molecular weight is 328 g/mol. The molecule has 0 saturated carbocycles. The predicted octanol–water partition coefficient (Wildman–Crippen LogP) is 1.75. The number of benzene rings is 1. The van der Waals surface area contributed by atoms with Gasteiger partial charge in [0.25, 0.3) is 11.5 Å². The van der Waals surface area contributed by atoms with E-state index in [1.54, 1.807) is 0 Å². The number of nitrogens with zero attached hydrogens (tertiary/aromatic N) is 1. The molecule has 1 N–H and O–H groups in total. The van der Waals surface area contributed by atoms with Gasteiger partial charge < -0.3 is 14.8 Å². The van der Waals surface area contributed by atoms with E-state index in [0.29, 0.717) is 17.8 Å². The molecule has 0 radical (unpaired) electrons. The number of ether oxygens (including phenoxy) is 2. The van der Waals surface area contributed by atoms with Crippen molar-refractivity contribution in [2.75, 3.05) is 20.3 Å². The van der Waals surface area contributed by atoms with Crippen LogP contribution in [0, 0.1) is 0 Å². The van der Waals surface area contributed by atoms with Gasteiger partial charge in [0.2, 0.25) is 0 Å². The first-order valence-corrected chi connectivity index (χ1v) is 7.95. The predicted molar refractivity (Wildman–Crippen MR) is 89.9 cm³/mol. The summed E-state index contributed by atoms with van der Waals surface area (Å²) in [6.45, 7) is 1.19. The molecular weight excluding hydrogens is 308 g/mol. The van der Waals surface area contributed by atoms with E-state index in [9.17, 15) is 9.59 Å². The molecule has 126 valence electrons. The Hall–Kier alpha value is -2.60. The molecule has 1 aromatic carbocycles. The largest absolute Gasteiger partial charge is 0.496 e. The van der Waals surface area contributed by atoms with Crippen molar-refractivity contribution in [2.45, 2.75) is 18.9 Å². The van der Waals surface area contributed by atoms with Crippen LogP contribution in [0.4, 0.5) is 0 Å². The van der Waals surface area contributed by atoms with Crippen molar-refractivity contribution < 1.29 is 14.3 Å². The van der Waals surface area contributed by atoms with Crippen molar-refractivity contribution >= 4 is 5.91 Å². The molecule has 1 aliphatic heterocycles. The smallest absolute Gasteiger partial charge is 0.258 e. The first-order chi connectivity index (χ1) is 11.7. The first kappa shape index (κ1) is 16.3. The fraction of sp³-hybridized carbons (Fsp3) is 0.333. The molecule has 1 amide bonds. The van der Waals surface area contributed by atoms with Crippen LogP contribution in [0.15, 0.2) is 47.4 Å². The lowest BCUT2D eigenvalue weighted by atomic mass is 10.2. The van der Waals surface area contributed by atoms with E-state index in [4.69, 9.17) is 9.47 Å². The Morgan fingerprint density at radius 1 is 1.38 bits per heavy atom. The number of nitrogens with one attached hydrogen (secondary N) is 1. The molecule has 2 aromatic rings. The van der Waals surface area contributed by atoms with Gasteiger partial charge in [-0.05, 0) is 25.0 Å². The van der Waals surface area contributed by atoms with E-state index in [-0.39, 0.29) is 23.3 Å². The summed E-state index contributed by atoms with van der Waals surface area (Å²) in [6.07, 6.45) is 3.53. The van der Waals surface area contributed by atoms with Crippen LogP contribution in [-0.4, -0.2) is 36.8 Å². The third kappa shape index (κ3) is 3.49. The second-order valence-electron chi connectivity index (χ2n) is 5.64. The Morgan fingerprint density at radius 2 is 2.17 bits per heavy atom. The van der Waals surface area contributed by atoms with Crippen molar-refractivity contribution in [3.05, 3.63) is 58.5 Å². The molecule has 0 spiro atoms. The molecule has 1 fully saturated rings. The van der Waals surface area contributed by atoms with Gasteiger partial charge in [-0.3, -0.25) is 14.2 Å². The van der Waals surface area contributed by atoms with Crippen molar-refractivity contribution in [3.8, 4) is 11.4 Å². The minimum absolute atomic E-state index is 0.0555. The van der Waals surface area contributed by atoms with Gasteiger partial charge in [-0.25, -0.2) is 0 Å². The summed E-state index contributed by atoms with van der Waals surface area (Å²) in [7, 11) is 1.44. The molecule has 1 saturated heterocycles. The quantitative estimate of drug-likeness (QED) is 0.908. The zero-order chi connectivity index (χ0) is 16.9. The number of aromatic nitrogens is 1. The molecule has 0 aliphatic carbocycles. The molecule has 6 nitrogen and oxygen atoms in total. The normalized spacial score (nSPS) is 16.8. The highest BCUT2D eigenvalue weighted by molar-refractivity contribution is 5.96. The van der Waals surface area contributed by atoms with Crippen LogP contribution in [0.2, 0.25) is 0 Å². The van der Waals surface area contributed by atoms with E-state index < -0.39 is 0 Å². The van der Waals surface area contributed by atoms with Crippen molar-refractivity contribution in [2.24, 2.45) is 0 Å². The second-order valence-corrected chi connectivity index (χ2v) is 5.64. The summed E-state index contributed by atoms with van der Waals surface area (Å²) in [5.74, 6) is -0.0240. The SMILES string of the molecule is COc1cc(=O)n(-c2ccccc2)cc1C(=O)NC[C@@H]1CCCO1. The standard InChI is InChI=1S/C18H20N2O4/c1-23-16-10-17(21)20(13-6-3-2-4-7-13)12-15(16)18(22)19-11-14-8-5-9-24-14/h2-4,6-7,10,12,14H,5,8-9,11H2,1H3,(H,19,22)/t14-/m0/s1. The van der Waals surface area contributed by atoms with Crippen LogP contribution in [-0.2, 0) is 4.74 Å². The second kappa shape index (κ2) is 7.31. The molecule has 1 aromatic heterocycles. The van der Waals surface area contributed by atoms with Crippen LogP contribution >= 0.6 is 0 Å². The monoisotopic (exact) mass is 328 g/mol. The number of hydrogen-bond donors (Lipinski definition) is 1. The van der Waals surface area contributed by atoms with Gasteiger partial charge in [0.1, 0.15) is 5.75 Å². The van der Waals surface area contributed by atoms with Gasteiger partial charge in [0.05, 0.1) is 18.8 Å². The highest BCUT2D eigenvalue weighted by atomic mass is 16.5. The van der Waals surface area contributed by atoms with Crippen LogP contribution in [0.25, 0.3) is 5.69 Å². The molecule has 0 bridgehead atoms. The number of methoxy groups -OCH3 is 1. The molecular formula is C18H20N2O4. The summed E-state index contributed by atoms with van der Waals surface area (Å²) in [5.41, 5.74) is 0.756. The minimum atomic E-state index is -0.285. The lowest BCUT2D eigenvalue weighted by Crippen LogP contribution is -2.33. The van der Waals surface area contributed by atoms with Gasteiger partial charge in [0.15, 0.2) is 0 Å². The lowest BCUT2D eigenvalue weighted by Gasteiger charge is -2.14.